The maximum absolute atomic E-state index is 12.3. The summed E-state index contributed by atoms with van der Waals surface area (Å²) in [6, 6.07) is 15.0. The summed E-state index contributed by atoms with van der Waals surface area (Å²) in [6.45, 7) is 2.12. The standard InChI is InChI=1S/C20H16ClN3O3/c1-12-6-7-13-9-14(19(21)23-15(13)8-12)10-22-24-20(25)18-11-26-16-4-2-3-5-17(16)27-18/h2-10,18H,11H2,1H3,(H,24,25)/b22-10-/t18-/m1/s1. The molecule has 1 amide bonds. The molecule has 0 spiro atoms. The highest BCUT2D eigenvalue weighted by molar-refractivity contribution is 6.32. The van der Waals surface area contributed by atoms with Crippen LogP contribution in [0.15, 0.2) is 53.6 Å². The number of rotatable bonds is 3. The van der Waals surface area contributed by atoms with Gasteiger partial charge in [0.2, 0.25) is 6.10 Å². The molecular formula is C20H16ClN3O3. The summed E-state index contributed by atoms with van der Waals surface area (Å²) < 4.78 is 11.2. The second kappa shape index (κ2) is 7.25. The Morgan fingerprint density at radius 3 is 2.93 bits per heavy atom. The summed E-state index contributed by atoms with van der Waals surface area (Å²) >= 11 is 6.22. The van der Waals surface area contributed by atoms with E-state index in [0.717, 1.165) is 16.5 Å². The summed E-state index contributed by atoms with van der Waals surface area (Å²) in [5.41, 5.74) is 4.99. The molecule has 1 atom stereocenters. The van der Waals surface area contributed by atoms with E-state index >= 15 is 0 Å². The van der Waals surface area contributed by atoms with Crippen molar-refractivity contribution in [1.82, 2.24) is 10.4 Å². The van der Waals surface area contributed by atoms with E-state index in [2.05, 4.69) is 15.5 Å². The molecule has 0 saturated carbocycles. The quantitative estimate of drug-likeness (QED) is 0.428. The Bertz CT molecular complexity index is 1050. The molecule has 1 N–H and O–H groups in total. The number of fused-ring (bicyclic) bond motifs is 2. The number of benzene rings is 2. The number of nitrogens with one attached hydrogen (secondary N) is 1. The molecule has 0 bridgehead atoms. The van der Waals surface area contributed by atoms with Crippen LogP contribution >= 0.6 is 11.6 Å². The Morgan fingerprint density at radius 1 is 1.26 bits per heavy atom. The fraction of sp³-hybridized carbons (Fsp3) is 0.150. The Labute approximate surface area is 160 Å². The van der Waals surface area contributed by atoms with Gasteiger partial charge in [-0.15, -0.1) is 0 Å². The van der Waals surface area contributed by atoms with E-state index in [4.69, 9.17) is 21.1 Å². The molecule has 3 aromatic rings. The third-order valence-corrected chi connectivity index (χ3v) is 4.44. The number of aryl methyl sites for hydroxylation is 1. The van der Waals surface area contributed by atoms with Gasteiger partial charge in [-0.3, -0.25) is 4.79 Å². The predicted molar refractivity (Wildman–Crippen MR) is 104 cm³/mol. The van der Waals surface area contributed by atoms with Crippen LogP contribution in [0.2, 0.25) is 5.15 Å². The zero-order valence-corrected chi connectivity index (χ0v) is 15.2. The van der Waals surface area contributed by atoms with Crippen molar-refractivity contribution in [3.05, 3.63) is 64.8 Å². The summed E-state index contributed by atoms with van der Waals surface area (Å²) in [7, 11) is 0. The molecule has 6 nitrogen and oxygen atoms in total. The van der Waals surface area contributed by atoms with Crippen molar-refractivity contribution in [2.24, 2.45) is 5.10 Å². The number of hydrazone groups is 1. The first-order valence-corrected chi connectivity index (χ1v) is 8.76. The highest BCUT2D eigenvalue weighted by Gasteiger charge is 2.27. The Morgan fingerprint density at radius 2 is 2.07 bits per heavy atom. The molecule has 7 heteroatoms. The second-order valence-electron chi connectivity index (χ2n) is 6.16. The third-order valence-electron chi connectivity index (χ3n) is 4.13. The average Bonchev–Trinajstić information content (AvgIpc) is 2.68. The van der Waals surface area contributed by atoms with Crippen molar-refractivity contribution >= 4 is 34.6 Å². The Balaban J connectivity index is 1.45. The van der Waals surface area contributed by atoms with Gasteiger partial charge in [0, 0.05) is 10.9 Å². The van der Waals surface area contributed by atoms with Crippen LogP contribution in [0.5, 0.6) is 11.5 Å². The van der Waals surface area contributed by atoms with Crippen molar-refractivity contribution in [2.75, 3.05) is 6.61 Å². The smallest absolute Gasteiger partial charge is 0.284 e. The van der Waals surface area contributed by atoms with Crippen LogP contribution < -0.4 is 14.9 Å². The van der Waals surface area contributed by atoms with Gasteiger partial charge in [0.15, 0.2) is 11.5 Å². The maximum atomic E-state index is 12.3. The van der Waals surface area contributed by atoms with Gasteiger partial charge in [-0.1, -0.05) is 35.9 Å². The minimum atomic E-state index is -0.773. The number of para-hydroxylation sites is 2. The van der Waals surface area contributed by atoms with Crippen LogP contribution in [0.4, 0.5) is 0 Å². The molecule has 1 aliphatic rings. The fourth-order valence-electron chi connectivity index (χ4n) is 2.75. The van der Waals surface area contributed by atoms with Crippen LogP contribution in [-0.4, -0.2) is 29.8 Å². The van der Waals surface area contributed by atoms with Crippen LogP contribution in [0.25, 0.3) is 10.9 Å². The van der Waals surface area contributed by atoms with Gasteiger partial charge in [-0.25, -0.2) is 10.4 Å². The molecule has 0 saturated heterocycles. The molecule has 136 valence electrons. The van der Waals surface area contributed by atoms with Crippen molar-refractivity contribution in [1.29, 1.82) is 0 Å². The first-order chi connectivity index (χ1) is 13.1. The fourth-order valence-corrected chi connectivity index (χ4v) is 2.94. The normalized spacial score (nSPS) is 15.9. The molecule has 1 aromatic heterocycles. The summed E-state index contributed by atoms with van der Waals surface area (Å²) in [4.78, 5) is 16.6. The molecule has 2 aromatic carbocycles. The average molecular weight is 382 g/mol. The summed E-state index contributed by atoms with van der Waals surface area (Å²) in [5.74, 6) is 0.750. The van der Waals surface area contributed by atoms with Gasteiger partial charge in [-0.05, 0) is 36.8 Å². The van der Waals surface area contributed by atoms with E-state index in [0.29, 0.717) is 22.2 Å². The lowest BCUT2D eigenvalue weighted by molar-refractivity contribution is -0.130. The lowest BCUT2D eigenvalue weighted by Crippen LogP contribution is -2.42. The van der Waals surface area contributed by atoms with Gasteiger partial charge in [0.1, 0.15) is 11.8 Å². The number of carbonyl (C=O) groups excluding carboxylic acids is 1. The van der Waals surface area contributed by atoms with E-state index < -0.39 is 12.0 Å². The van der Waals surface area contributed by atoms with Crippen molar-refractivity contribution in [3.8, 4) is 11.5 Å². The lowest BCUT2D eigenvalue weighted by atomic mass is 10.1. The van der Waals surface area contributed by atoms with Crippen molar-refractivity contribution in [2.45, 2.75) is 13.0 Å². The SMILES string of the molecule is Cc1ccc2cc(/C=N\NC(=O)[C@H]3COc4ccccc4O3)c(Cl)nc2c1. The molecule has 0 unspecified atom stereocenters. The van der Waals surface area contributed by atoms with E-state index in [9.17, 15) is 4.79 Å². The maximum Gasteiger partial charge on any atom is 0.284 e. The summed E-state index contributed by atoms with van der Waals surface area (Å²) in [6.07, 6.45) is 0.690. The molecule has 0 fully saturated rings. The highest BCUT2D eigenvalue weighted by Crippen LogP contribution is 2.30. The van der Waals surface area contributed by atoms with Crippen LogP contribution in [0.3, 0.4) is 0 Å². The molecule has 1 aliphatic heterocycles. The number of ether oxygens (including phenoxy) is 2. The number of amides is 1. The van der Waals surface area contributed by atoms with E-state index in [1.54, 1.807) is 12.1 Å². The largest absolute Gasteiger partial charge is 0.485 e. The number of carbonyl (C=O) groups is 1. The van der Waals surface area contributed by atoms with Crippen molar-refractivity contribution in [3.63, 3.8) is 0 Å². The van der Waals surface area contributed by atoms with Crippen LogP contribution in [-0.2, 0) is 4.79 Å². The lowest BCUT2D eigenvalue weighted by Gasteiger charge is -2.24. The second-order valence-corrected chi connectivity index (χ2v) is 6.52. The highest BCUT2D eigenvalue weighted by atomic mass is 35.5. The number of aromatic nitrogens is 1. The molecule has 27 heavy (non-hydrogen) atoms. The van der Waals surface area contributed by atoms with Crippen LogP contribution in [0.1, 0.15) is 11.1 Å². The number of hydrogen-bond donors (Lipinski definition) is 1. The van der Waals surface area contributed by atoms with E-state index in [1.165, 1.54) is 6.21 Å². The molecule has 2 heterocycles. The minimum Gasteiger partial charge on any atom is -0.485 e. The molecule has 0 aliphatic carbocycles. The summed E-state index contributed by atoms with van der Waals surface area (Å²) in [5, 5.41) is 5.23. The molecule has 4 rings (SSSR count). The molecular weight excluding hydrogens is 366 g/mol. The van der Waals surface area contributed by atoms with E-state index in [1.807, 2.05) is 43.3 Å². The third kappa shape index (κ3) is 3.71. The first kappa shape index (κ1) is 17.3. The number of pyridine rings is 1. The monoisotopic (exact) mass is 381 g/mol. The van der Waals surface area contributed by atoms with Gasteiger partial charge in [0.05, 0.1) is 11.7 Å². The number of nitrogens with zero attached hydrogens (tertiary/aromatic N) is 2. The van der Waals surface area contributed by atoms with E-state index in [-0.39, 0.29) is 6.61 Å². The zero-order valence-electron chi connectivity index (χ0n) is 14.5. The molecule has 0 radical (unpaired) electrons. The van der Waals surface area contributed by atoms with Crippen molar-refractivity contribution < 1.29 is 14.3 Å². The topological polar surface area (TPSA) is 72.8 Å². The Hall–Kier alpha value is -3.12. The van der Waals surface area contributed by atoms with Gasteiger partial charge in [-0.2, -0.15) is 5.10 Å². The number of halogens is 1. The van der Waals surface area contributed by atoms with Gasteiger partial charge >= 0.3 is 0 Å². The number of hydrogen-bond acceptors (Lipinski definition) is 5. The van der Waals surface area contributed by atoms with Crippen LogP contribution in [0, 0.1) is 6.92 Å². The van der Waals surface area contributed by atoms with Gasteiger partial charge < -0.3 is 9.47 Å². The predicted octanol–water partition coefficient (Wildman–Crippen LogP) is 3.49. The Kier molecular flexibility index (Phi) is 4.64. The van der Waals surface area contributed by atoms with Gasteiger partial charge in [0.25, 0.3) is 5.91 Å². The first-order valence-electron chi connectivity index (χ1n) is 8.38. The minimum absolute atomic E-state index is 0.121. The zero-order chi connectivity index (χ0) is 18.8.